The molecule has 0 amide bonds. The number of halogens is 3. The van der Waals surface area contributed by atoms with Crippen LogP contribution in [0, 0.1) is 19.8 Å². The molecule has 1 aliphatic heterocycles. The molecule has 1 aromatic heterocycles. The van der Waals surface area contributed by atoms with Crippen LogP contribution >= 0.6 is 0 Å². The SMILES string of the molecule is Cc1cc(C)c2c(ccn2C(=O)OC(C)(C)C)c1C[C@@H]1CCCN(CC(F)(F)F)C[C@H]1c1ccc(C(=O)OC(C)(C)C)cc1. The van der Waals surface area contributed by atoms with E-state index < -0.39 is 36.0 Å². The third-order valence-electron chi connectivity index (χ3n) is 8.00. The fourth-order valence-corrected chi connectivity index (χ4v) is 6.29. The molecule has 0 unspecified atom stereocenters. The average molecular weight is 615 g/mol. The van der Waals surface area contributed by atoms with E-state index in [1.165, 1.54) is 4.90 Å². The molecular weight excluding hydrogens is 569 g/mol. The van der Waals surface area contributed by atoms with Gasteiger partial charge in [0.25, 0.3) is 0 Å². The summed E-state index contributed by atoms with van der Waals surface area (Å²) in [5, 5.41) is 0.948. The Labute approximate surface area is 258 Å². The smallest absolute Gasteiger partial charge is 0.418 e. The lowest BCUT2D eigenvalue weighted by atomic mass is 9.78. The van der Waals surface area contributed by atoms with E-state index >= 15 is 0 Å². The molecule has 2 aromatic carbocycles. The Morgan fingerprint density at radius 2 is 1.55 bits per heavy atom. The first-order chi connectivity index (χ1) is 20.3. The molecule has 1 aliphatic rings. The summed E-state index contributed by atoms with van der Waals surface area (Å²) in [6, 6.07) is 11.1. The number of nitrogens with zero attached hydrogens (tertiary/aromatic N) is 2. The van der Waals surface area contributed by atoms with E-state index in [0.29, 0.717) is 24.9 Å². The number of carbonyl (C=O) groups excluding carboxylic acids is 2. The number of aryl methyl sites for hydroxylation is 2. The molecule has 0 spiro atoms. The van der Waals surface area contributed by atoms with Crippen LogP contribution in [0.15, 0.2) is 42.6 Å². The summed E-state index contributed by atoms with van der Waals surface area (Å²) in [6.45, 7) is 14.6. The number of aromatic nitrogens is 1. The molecule has 6 nitrogen and oxygen atoms in total. The van der Waals surface area contributed by atoms with Gasteiger partial charge >= 0.3 is 18.2 Å². The molecule has 240 valence electrons. The number of rotatable bonds is 5. The predicted molar refractivity (Wildman–Crippen MR) is 166 cm³/mol. The van der Waals surface area contributed by atoms with E-state index in [2.05, 4.69) is 6.07 Å². The van der Waals surface area contributed by atoms with Crippen LogP contribution in [-0.4, -0.2) is 58.5 Å². The first-order valence-corrected chi connectivity index (χ1v) is 15.3. The fraction of sp³-hybridized carbons (Fsp3) is 0.543. The van der Waals surface area contributed by atoms with Crippen molar-refractivity contribution in [1.82, 2.24) is 9.47 Å². The standard InChI is InChI=1S/C35H45F3N2O4/c1-22-18-23(2)30-27(15-17-40(30)32(42)44-34(6,7)8)28(22)19-26-10-9-16-39(21-35(36,37)38)20-29(26)24-11-13-25(14-12-24)31(41)43-33(3,4)5/h11-15,17-18,26,29H,9-10,16,19-21H2,1-8H3/t26-,29-/m0/s1. The van der Waals surface area contributed by atoms with Crippen molar-refractivity contribution in [1.29, 1.82) is 0 Å². The molecule has 44 heavy (non-hydrogen) atoms. The molecule has 0 bridgehead atoms. The Hall–Kier alpha value is -3.33. The van der Waals surface area contributed by atoms with Crippen molar-refractivity contribution in [3.63, 3.8) is 0 Å². The summed E-state index contributed by atoms with van der Waals surface area (Å²) < 4.78 is 53.3. The van der Waals surface area contributed by atoms with E-state index in [0.717, 1.165) is 39.6 Å². The average Bonchev–Trinajstić information content (AvgIpc) is 3.23. The van der Waals surface area contributed by atoms with Gasteiger partial charge < -0.3 is 9.47 Å². The van der Waals surface area contributed by atoms with Crippen LogP contribution < -0.4 is 0 Å². The zero-order valence-corrected chi connectivity index (χ0v) is 27.1. The molecule has 3 aromatic rings. The number of hydrogen-bond donors (Lipinski definition) is 0. The molecule has 0 N–H and O–H groups in total. The van der Waals surface area contributed by atoms with Gasteiger partial charge in [-0.25, -0.2) is 9.59 Å². The Morgan fingerprint density at radius 1 is 0.909 bits per heavy atom. The van der Waals surface area contributed by atoms with E-state index in [1.54, 1.807) is 43.7 Å². The van der Waals surface area contributed by atoms with E-state index in [4.69, 9.17) is 9.47 Å². The van der Waals surface area contributed by atoms with Crippen LogP contribution in [0.5, 0.6) is 0 Å². The first kappa shape index (κ1) is 33.6. The number of carbonyl (C=O) groups is 2. The highest BCUT2D eigenvalue weighted by atomic mass is 19.4. The lowest BCUT2D eigenvalue weighted by Crippen LogP contribution is -2.37. The minimum absolute atomic E-state index is 0.0371. The summed E-state index contributed by atoms with van der Waals surface area (Å²) in [6.07, 6.45) is -0.992. The Balaban J connectivity index is 1.71. The van der Waals surface area contributed by atoms with Gasteiger partial charge in [0.15, 0.2) is 0 Å². The normalized spacial score (nSPS) is 18.7. The van der Waals surface area contributed by atoms with Crippen LogP contribution in [0.25, 0.3) is 10.9 Å². The highest BCUT2D eigenvalue weighted by Crippen LogP contribution is 2.38. The number of benzene rings is 2. The van der Waals surface area contributed by atoms with Crippen molar-refractivity contribution >= 4 is 23.0 Å². The highest BCUT2D eigenvalue weighted by molar-refractivity contribution is 5.94. The Morgan fingerprint density at radius 3 is 2.14 bits per heavy atom. The summed E-state index contributed by atoms with van der Waals surface area (Å²) in [4.78, 5) is 27.2. The highest BCUT2D eigenvalue weighted by Gasteiger charge is 2.36. The van der Waals surface area contributed by atoms with Crippen LogP contribution in [0.3, 0.4) is 0 Å². The van der Waals surface area contributed by atoms with Gasteiger partial charge in [0.05, 0.1) is 17.6 Å². The fourth-order valence-electron chi connectivity index (χ4n) is 6.29. The van der Waals surface area contributed by atoms with Crippen molar-refractivity contribution in [2.45, 2.75) is 97.9 Å². The predicted octanol–water partition coefficient (Wildman–Crippen LogP) is 8.60. The number of hydrogen-bond acceptors (Lipinski definition) is 5. The molecule has 9 heteroatoms. The van der Waals surface area contributed by atoms with Crippen LogP contribution in [0.2, 0.25) is 0 Å². The topological polar surface area (TPSA) is 60.8 Å². The molecule has 0 radical (unpaired) electrons. The third kappa shape index (κ3) is 8.43. The van der Waals surface area contributed by atoms with Crippen LogP contribution in [0.1, 0.15) is 92.9 Å². The quantitative estimate of drug-likeness (QED) is 0.270. The lowest BCUT2D eigenvalue weighted by molar-refractivity contribution is -0.146. The number of likely N-dealkylation sites (tertiary alicyclic amines) is 1. The van der Waals surface area contributed by atoms with Gasteiger partial charge in [-0.1, -0.05) is 18.2 Å². The summed E-state index contributed by atoms with van der Waals surface area (Å²) >= 11 is 0. The second-order valence-electron chi connectivity index (χ2n) is 14.1. The molecule has 1 saturated heterocycles. The number of alkyl halides is 3. The van der Waals surface area contributed by atoms with E-state index in [1.807, 2.05) is 52.8 Å². The van der Waals surface area contributed by atoms with Crippen molar-refractivity contribution in [3.8, 4) is 0 Å². The monoisotopic (exact) mass is 614 g/mol. The molecule has 0 saturated carbocycles. The molecular formula is C35H45F3N2O4. The minimum Gasteiger partial charge on any atom is -0.456 e. The van der Waals surface area contributed by atoms with Gasteiger partial charge in [0.1, 0.15) is 11.2 Å². The van der Waals surface area contributed by atoms with Gasteiger partial charge in [0, 0.05) is 18.1 Å². The number of fused-ring (bicyclic) bond motifs is 1. The van der Waals surface area contributed by atoms with Gasteiger partial charge in [-0.2, -0.15) is 13.2 Å². The molecule has 4 rings (SSSR count). The van der Waals surface area contributed by atoms with Gasteiger partial charge in [0.2, 0.25) is 0 Å². The maximum absolute atomic E-state index is 13.5. The Kier molecular flexibility index (Phi) is 9.60. The first-order valence-electron chi connectivity index (χ1n) is 15.3. The number of esters is 1. The summed E-state index contributed by atoms with van der Waals surface area (Å²) in [5.74, 6) is -0.598. The number of ether oxygens (including phenoxy) is 2. The zero-order chi connectivity index (χ0) is 32.6. The van der Waals surface area contributed by atoms with Gasteiger partial charge in [-0.3, -0.25) is 9.47 Å². The second kappa shape index (κ2) is 12.6. The summed E-state index contributed by atoms with van der Waals surface area (Å²) in [5.41, 5.74) is 3.90. The largest absolute Gasteiger partial charge is 0.456 e. The van der Waals surface area contributed by atoms with Crippen molar-refractivity contribution in [2.75, 3.05) is 19.6 Å². The minimum atomic E-state index is -4.30. The van der Waals surface area contributed by atoms with E-state index in [9.17, 15) is 22.8 Å². The summed E-state index contributed by atoms with van der Waals surface area (Å²) in [7, 11) is 0. The lowest BCUT2D eigenvalue weighted by Gasteiger charge is -2.30. The van der Waals surface area contributed by atoms with Crippen molar-refractivity contribution in [3.05, 3.63) is 70.4 Å². The molecule has 2 heterocycles. The van der Waals surface area contributed by atoms with Gasteiger partial charge in [-0.05, 0) is 133 Å². The third-order valence-corrected chi connectivity index (χ3v) is 8.00. The van der Waals surface area contributed by atoms with Crippen LogP contribution in [-0.2, 0) is 15.9 Å². The van der Waals surface area contributed by atoms with Crippen molar-refractivity contribution < 1.29 is 32.2 Å². The zero-order valence-electron chi connectivity index (χ0n) is 27.1. The Bertz CT molecular complexity index is 1490. The van der Waals surface area contributed by atoms with E-state index in [-0.39, 0.29) is 18.4 Å². The molecule has 1 fully saturated rings. The molecule has 2 atom stereocenters. The van der Waals surface area contributed by atoms with Crippen molar-refractivity contribution in [2.24, 2.45) is 5.92 Å². The van der Waals surface area contributed by atoms with Gasteiger partial charge in [-0.15, -0.1) is 0 Å². The maximum Gasteiger partial charge on any atom is 0.418 e. The molecule has 0 aliphatic carbocycles. The maximum atomic E-state index is 13.5. The second-order valence-corrected chi connectivity index (χ2v) is 14.1. The van der Waals surface area contributed by atoms with Crippen LogP contribution in [0.4, 0.5) is 18.0 Å².